The minimum atomic E-state index is -0.611. The van der Waals surface area contributed by atoms with Crippen LogP contribution < -0.4 is 10.1 Å². The highest BCUT2D eigenvalue weighted by atomic mass is 32.1. The van der Waals surface area contributed by atoms with Gasteiger partial charge in [-0.1, -0.05) is 80.6 Å². The summed E-state index contributed by atoms with van der Waals surface area (Å²) in [7, 11) is 0. The maximum absolute atomic E-state index is 12.3. The fourth-order valence-electron chi connectivity index (χ4n) is 3.65. The van der Waals surface area contributed by atoms with Crippen LogP contribution in [0.25, 0.3) is 22.4 Å². The molecule has 0 saturated heterocycles. The first-order chi connectivity index (χ1) is 17.4. The number of hydrogen-bond acceptors (Lipinski definition) is 6. The molecule has 0 radical (unpaired) electrons. The van der Waals surface area contributed by atoms with Crippen LogP contribution in [0.2, 0.25) is 0 Å². The Bertz CT molecular complexity index is 1330. The van der Waals surface area contributed by atoms with Crippen LogP contribution in [0.5, 0.6) is 5.75 Å². The molecule has 184 valence electrons. The predicted octanol–water partition coefficient (Wildman–Crippen LogP) is 6.47. The lowest BCUT2D eigenvalue weighted by Gasteiger charge is -2.14. The highest BCUT2D eigenvalue weighted by molar-refractivity contribution is 7.14. The van der Waals surface area contributed by atoms with E-state index in [9.17, 15) is 9.59 Å². The van der Waals surface area contributed by atoms with Gasteiger partial charge in [0, 0.05) is 10.9 Å². The van der Waals surface area contributed by atoms with Gasteiger partial charge in [0.05, 0.1) is 5.69 Å². The molecule has 1 amide bonds. The molecule has 36 heavy (non-hydrogen) atoms. The van der Waals surface area contributed by atoms with Crippen molar-refractivity contribution in [1.82, 2.24) is 4.98 Å². The molecule has 0 fully saturated rings. The van der Waals surface area contributed by atoms with E-state index in [1.807, 2.05) is 73.0 Å². The molecule has 6 nitrogen and oxygen atoms in total. The van der Waals surface area contributed by atoms with Crippen LogP contribution in [-0.2, 0) is 14.3 Å². The fraction of sp³-hybridized carbons (Fsp3) is 0.207. The number of rotatable bonds is 9. The Kier molecular flexibility index (Phi) is 8.13. The van der Waals surface area contributed by atoms with Crippen molar-refractivity contribution in [3.05, 3.63) is 89.3 Å². The van der Waals surface area contributed by atoms with Gasteiger partial charge in [-0.05, 0) is 41.2 Å². The summed E-state index contributed by atoms with van der Waals surface area (Å²) < 4.78 is 10.7. The summed E-state index contributed by atoms with van der Waals surface area (Å²) in [5.74, 6) is -0.160. The zero-order valence-electron chi connectivity index (χ0n) is 20.5. The number of hydrogen-bond donors (Lipinski definition) is 1. The van der Waals surface area contributed by atoms with E-state index in [-0.39, 0.29) is 12.5 Å². The Morgan fingerprint density at radius 2 is 1.61 bits per heavy atom. The van der Waals surface area contributed by atoms with Crippen LogP contribution in [0.3, 0.4) is 0 Å². The van der Waals surface area contributed by atoms with E-state index in [4.69, 9.17) is 9.47 Å². The number of esters is 1. The molecule has 0 aliphatic heterocycles. The molecular formula is C29H28N2O4S. The van der Waals surface area contributed by atoms with Crippen LogP contribution in [0, 0.1) is 6.92 Å². The smallest absolute Gasteiger partial charge is 0.344 e. The molecule has 4 aromatic rings. The molecule has 0 aliphatic carbocycles. The zero-order chi connectivity index (χ0) is 25.5. The lowest BCUT2D eigenvalue weighted by Crippen LogP contribution is -2.23. The summed E-state index contributed by atoms with van der Waals surface area (Å²) in [6.07, 6.45) is 0. The molecule has 4 rings (SSSR count). The molecule has 0 unspecified atom stereocenters. The minimum absolute atomic E-state index is 0.257. The maximum atomic E-state index is 12.3. The van der Waals surface area contributed by atoms with Gasteiger partial charge < -0.3 is 9.47 Å². The van der Waals surface area contributed by atoms with Gasteiger partial charge in [0.15, 0.2) is 18.3 Å². The molecule has 0 atom stereocenters. The Hall–Kier alpha value is -3.97. The third-order valence-corrected chi connectivity index (χ3v) is 6.30. The summed E-state index contributed by atoms with van der Waals surface area (Å²) in [5, 5.41) is 5.00. The first-order valence-electron chi connectivity index (χ1n) is 11.7. The Morgan fingerprint density at radius 1 is 0.917 bits per heavy atom. The number of anilines is 1. The molecule has 0 spiro atoms. The fourth-order valence-corrected chi connectivity index (χ4v) is 4.39. The molecule has 0 saturated carbocycles. The van der Waals surface area contributed by atoms with E-state index >= 15 is 0 Å². The largest absolute Gasteiger partial charge is 0.482 e. The van der Waals surface area contributed by atoms with Crippen molar-refractivity contribution < 1.29 is 19.1 Å². The van der Waals surface area contributed by atoms with E-state index in [0.29, 0.717) is 10.9 Å². The Labute approximate surface area is 214 Å². The van der Waals surface area contributed by atoms with Gasteiger partial charge >= 0.3 is 5.97 Å². The number of aromatic nitrogens is 1. The first-order valence-corrected chi connectivity index (χ1v) is 12.6. The number of nitrogens with zero attached hydrogens (tertiary/aromatic N) is 1. The number of amides is 1. The second kappa shape index (κ2) is 11.6. The average Bonchev–Trinajstić information content (AvgIpc) is 3.35. The van der Waals surface area contributed by atoms with Crippen molar-refractivity contribution in [3.63, 3.8) is 0 Å². The van der Waals surface area contributed by atoms with Gasteiger partial charge in [0.25, 0.3) is 5.91 Å². The highest BCUT2D eigenvalue weighted by Crippen LogP contribution is 2.28. The number of carbonyl (C=O) groups is 2. The molecule has 1 N–H and O–H groups in total. The van der Waals surface area contributed by atoms with E-state index < -0.39 is 18.5 Å². The van der Waals surface area contributed by atoms with E-state index in [1.54, 1.807) is 0 Å². The number of thiazole rings is 1. The Morgan fingerprint density at radius 3 is 2.33 bits per heavy atom. The minimum Gasteiger partial charge on any atom is -0.482 e. The third kappa shape index (κ3) is 6.58. The van der Waals surface area contributed by atoms with Crippen LogP contribution >= 0.6 is 11.3 Å². The maximum Gasteiger partial charge on any atom is 0.344 e. The second-order valence-electron chi connectivity index (χ2n) is 8.67. The van der Waals surface area contributed by atoms with Crippen molar-refractivity contribution in [3.8, 4) is 28.1 Å². The van der Waals surface area contributed by atoms with Gasteiger partial charge in [-0.3, -0.25) is 10.1 Å². The molecule has 0 bridgehead atoms. The van der Waals surface area contributed by atoms with Crippen molar-refractivity contribution >= 4 is 28.3 Å². The van der Waals surface area contributed by atoms with Gasteiger partial charge in [-0.2, -0.15) is 0 Å². The van der Waals surface area contributed by atoms with Crippen molar-refractivity contribution in [2.75, 3.05) is 18.5 Å². The van der Waals surface area contributed by atoms with Crippen LogP contribution in [0.15, 0.2) is 78.2 Å². The highest BCUT2D eigenvalue weighted by Gasteiger charge is 2.14. The lowest BCUT2D eigenvalue weighted by atomic mass is 10.0. The predicted molar refractivity (Wildman–Crippen MR) is 143 cm³/mol. The standard InChI is InChI=1S/C29H28N2O4S/c1-19(2)24-14-9-20(3)15-26(24)34-17-28(33)35-16-27(32)31-29-30-25(18-36-29)23-12-10-22(11-13-23)21-7-5-4-6-8-21/h4-15,18-19H,16-17H2,1-3H3,(H,30,31,32). The van der Waals surface area contributed by atoms with Crippen LogP contribution in [0.1, 0.15) is 30.9 Å². The number of aryl methyl sites for hydroxylation is 1. The SMILES string of the molecule is Cc1ccc(C(C)C)c(OCC(=O)OCC(=O)Nc2nc(-c3ccc(-c4ccccc4)cc3)cs2)c1. The van der Waals surface area contributed by atoms with Crippen molar-refractivity contribution in [1.29, 1.82) is 0 Å². The van der Waals surface area contributed by atoms with Gasteiger partial charge in [-0.25, -0.2) is 9.78 Å². The van der Waals surface area contributed by atoms with Crippen molar-refractivity contribution in [2.45, 2.75) is 26.7 Å². The number of benzene rings is 3. The molecule has 0 aliphatic rings. The lowest BCUT2D eigenvalue weighted by molar-refractivity contribution is -0.149. The van der Waals surface area contributed by atoms with Gasteiger partial charge in [-0.15, -0.1) is 11.3 Å². The molecule has 1 heterocycles. The summed E-state index contributed by atoms with van der Waals surface area (Å²) in [6.45, 7) is 5.40. The normalized spacial score (nSPS) is 10.8. The average molecular weight is 501 g/mol. The van der Waals surface area contributed by atoms with Crippen LogP contribution in [0.4, 0.5) is 5.13 Å². The molecule has 3 aromatic carbocycles. The Balaban J connectivity index is 1.26. The van der Waals surface area contributed by atoms with E-state index in [2.05, 4.69) is 36.3 Å². The number of ether oxygens (including phenoxy) is 2. The number of nitrogens with one attached hydrogen (secondary N) is 1. The van der Waals surface area contributed by atoms with Gasteiger partial charge in [0.1, 0.15) is 5.75 Å². The first kappa shape index (κ1) is 25.1. The zero-order valence-corrected chi connectivity index (χ0v) is 21.3. The quantitative estimate of drug-likeness (QED) is 0.267. The summed E-state index contributed by atoms with van der Waals surface area (Å²) >= 11 is 1.31. The van der Waals surface area contributed by atoms with Crippen molar-refractivity contribution in [2.24, 2.45) is 0 Å². The summed E-state index contributed by atoms with van der Waals surface area (Å²) in [6, 6.07) is 24.1. The molecule has 7 heteroatoms. The number of carbonyl (C=O) groups excluding carboxylic acids is 2. The second-order valence-corrected chi connectivity index (χ2v) is 9.53. The summed E-state index contributed by atoms with van der Waals surface area (Å²) in [4.78, 5) is 28.9. The monoisotopic (exact) mass is 500 g/mol. The molecular weight excluding hydrogens is 472 g/mol. The molecule has 1 aromatic heterocycles. The topological polar surface area (TPSA) is 77.5 Å². The van der Waals surface area contributed by atoms with Gasteiger partial charge in [0.2, 0.25) is 0 Å². The van der Waals surface area contributed by atoms with E-state index in [0.717, 1.165) is 33.5 Å². The van der Waals surface area contributed by atoms with E-state index in [1.165, 1.54) is 11.3 Å². The van der Waals surface area contributed by atoms with Crippen LogP contribution in [-0.4, -0.2) is 30.1 Å². The third-order valence-electron chi connectivity index (χ3n) is 5.54. The summed E-state index contributed by atoms with van der Waals surface area (Å²) in [5.41, 5.74) is 6.04.